The number of hydrogen-bond donors (Lipinski definition) is 2. The summed E-state index contributed by atoms with van der Waals surface area (Å²) in [6.45, 7) is 1.12. The van der Waals surface area contributed by atoms with Crippen molar-refractivity contribution in [2.24, 2.45) is 0 Å². The normalized spacial score (nSPS) is 20.4. The number of nitrogens with zero attached hydrogens (tertiary/aromatic N) is 3. The first-order chi connectivity index (χ1) is 14.3. The summed E-state index contributed by atoms with van der Waals surface area (Å²) in [5, 5.41) is 5.26. The van der Waals surface area contributed by atoms with E-state index in [-0.39, 0.29) is 29.8 Å². The molecule has 2 aliphatic rings. The van der Waals surface area contributed by atoms with Crippen LogP contribution in [0.25, 0.3) is 0 Å². The molecule has 2 aromatic rings. The van der Waals surface area contributed by atoms with Crippen LogP contribution in [0.2, 0.25) is 0 Å². The Morgan fingerprint density at radius 2 is 2.17 bits per heavy atom. The van der Waals surface area contributed by atoms with Gasteiger partial charge in [-0.05, 0) is 24.6 Å². The molecule has 0 aliphatic carbocycles. The second kappa shape index (κ2) is 7.63. The number of morpholine rings is 1. The van der Waals surface area contributed by atoms with E-state index in [0.717, 1.165) is 6.42 Å². The van der Waals surface area contributed by atoms with Gasteiger partial charge in [0.05, 0.1) is 31.5 Å². The molecule has 2 bridgehead atoms. The molecule has 2 unspecified atom stereocenters. The van der Waals surface area contributed by atoms with Crippen LogP contribution in [0.1, 0.15) is 22.3 Å². The maximum absolute atomic E-state index is 13.0. The predicted octanol–water partition coefficient (Wildman–Crippen LogP) is 2.90. The minimum atomic E-state index is -4.57. The van der Waals surface area contributed by atoms with E-state index in [1.165, 1.54) is 14.2 Å². The Morgan fingerprint density at radius 1 is 1.37 bits per heavy atom. The number of benzene rings is 1. The molecule has 0 spiro atoms. The maximum Gasteiger partial charge on any atom is 0.421 e. The lowest BCUT2D eigenvalue weighted by Crippen LogP contribution is -2.41. The molecule has 0 saturated carbocycles. The third kappa shape index (κ3) is 3.72. The van der Waals surface area contributed by atoms with Gasteiger partial charge in [-0.2, -0.15) is 18.2 Å². The van der Waals surface area contributed by atoms with Gasteiger partial charge in [0.1, 0.15) is 17.1 Å². The molecule has 3 heterocycles. The number of rotatable bonds is 5. The zero-order valence-electron chi connectivity index (χ0n) is 16.3. The second-order valence-corrected chi connectivity index (χ2v) is 7.05. The van der Waals surface area contributed by atoms with Crippen molar-refractivity contribution in [1.29, 1.82) is 0 Å². The summed E-state index contributed by atoms with van der Waals surface area (Å²) in [6, 6.07) is 4.91. The van der Waals surface area contributed by atoms with Gasteiger partial charge in [0.2, 0.25) is 5.95 Å². The summed E-state index contributed by atoms with van der Waals surface area (Å²) < 4.78 is 49.9. The van der Waals surface area contributed by atoms with Crippen LogP contribution < -0.4 is 15.4 Å². The van der Waals surface area contributed by atoms with Gasteiger partial charge >= 0.3 is 6.18 Å². The van der Waals surface area contributed by atoms with E-state index in [9.17, 15) is 18.0 Å². The maximum atomic E-state index is 13.0. The number of aromatic nitrogens is 2. The van der Waals surface area contributed by atoms with Gasteiger partial charge in [-0.25, -0.2) is 4.98 Å². The first-order valence-corrected chi connectivity index (χ1v) is 9.29. The lowest BCUT2D eigenvalue weighted by molar-refractivity contribution is -0.137. The van der Waals surface area contributed by atoms with E-state index in [2.05, 4.69) is 20.6 Å². The van der Waals surface area contributed by atoms with Crippen LogP contribution in [0.15, 0.2) is 24.4 Å². The molecule has 1 aromatic carbocycles. The van der Waals surface area contributed by atoms with Crippen LogP contribution in [0.5, 0.6) is 5.75 Å². The monoisotopic (exact) mass is 423 g/mol. The number of nitrogens with one attached hydrogen (secondary N) is 2. The number of carbonyl (C=O) groups is 1. The molecule has 2 atom stereocenters. The van der Waals surface area contributed by atoms with Crippen LogP contribution in [0.3, 0.4) is 0 Å². The number of methoxy groups -OCH3 is 1. The lowest BCUT2D eigenvalue weighted by Gasteiger charge is -2.27. The Kier molecular flexibility index (Phi) is 5.14. The van der Waals surface area contributed by atoms with Gasteiger partial charge in [0.15, 0.2) is 0 Å². The summed E-state index contributed by atoms with van der Waals surface area (Å²) in [4.78, 5) is 22.3. The molecular formula is C19H20F3N5O3. The zero-order chi connectivity index (χ0) is 21.5. The Morgan fingerprint density at radius 3 is 2.77 bits per heavy atom. The third-order valence-electron chi connectivity index (χ3n) is 5.19. The van der Waals surface area contributed by atoms with E-state index < -0.39 is 11.7 Å². The van der Waals surface area contributed by atoms with Crippen molar-refractivity contribution in [3.63, 3.8) is 0 Å². The average molecular weight is 423 g/mol. The molecule has 8 nitrogen and oxygen atoms in total. The Labute approximate surface area is 170 Å². The van der Waals surface area contributed by atoms with Crippen molar-refractivity contribution in [3.05, 3.63) is 35.5 Å². The van der Waals surface area contributed by atoms with Crippen molar-refractivity contribution >= 4 is 23.4 Å². The minimum Gasteiger partial charge on any atom is -0.495 e. The molecule has 160 valence electrons. The van der Waals surface area contributed by atoms with Crippen LogP contribution >= 0.6 is 0 Å². The van der Waals surface area contributed by atoms with E-state index in [0.29, 0.717) is 36.3 Å². The zero-order valence-corrected chi connectivity index (χ0v) is 16.3. The molecule has 11 heteroatoms. The number of fused-ring (bicyclic) bond motifs is 2. The number of halogens is 3. The molecule has 2 N–H and O–H groups in total. The van der Waals surface area contributed by atoms with E-state index in [4.69, 9.17) is 9.47 Å². The molecule has 0 radical (unpaired) electrons. The molecule has 1 amide bonds. The lowest BCUT2D eigenvalue weighted by atomic mass is 10.1. The highest BCUT2D eigenvalue weighted by Crippen LogP contribution is 2.35. The van der Waals surface area contributed by atoms with Crippen molar-refractivity contribution < 1.29 is 27.4 Å². The van der Waals surface area contributed by atoms with Crippen LogP contribution in [-0.4, -0.2) is 60.2 Å². The summed E-state index contributed by atoms with van der Waals surface area (Å²) >= 11 is 0. The highest BCUT2D eigenvalue weighted by Gasteiger charge is 2.41. The molecule has 2 saturated heterocycles. The molecular weight excluding hydrogens is 403 g/mol. The van der Waals surface area contributed by atoms with Crippen LogP contribution in [0.4, 0.5) is 30.6 Å². The predicted molar refractivity (Wildman–Crippen MR) is 102 cm³/mol. The van der Waals surface area contributed by atoms with Gasteiger partial charge in [-0.3, -0.25) is 4.79 Å². The molecule has 1 aromatic heterocycles. The average Bonchev–Trinajstić information content (AvgIpc) is 3.36. The number of likely N-dealkylation sites (tertiary alicyclic amines) is 1. The Hall–Kier alpha value is -3.08. The number of ether oxygens (including phenoxy) is 2. The topological polar surface area (TPSA) is 88.6 Å². The summed E-state index contributed by atoms with van der Waals surface area (Å²) in [5.41, 5.74) is -0.0938. The van der Waals surface area contributed by atoms with Gasteiger partial charge in [-0.15, -0.1) is 0 Å². The van der Waals surface area contributed by atoms with Crippen LogP contribution in [0, 0.1) is 0 Å². The second-order valence-electron chi connectivity index (χ2n) is 7.05. The number of amides is 1. The van der Waals surface area contributed by atoms with Crippen molar-refractivity contribution in [2.75, 3.05) is 37.9 Å². The fourth-order valence-corrected chi connectivity index (χ4v) is 3.70. The number of hydrogen-bond acceptors (Lipinski definition) is 7. The highest BCUT2D eigenvalue weighted by atomic mass is 19.4. The standard InChI is InChI=1S/C19H20F3N5O3/c1-23-16-13(19(20,21)22)7-24-18(26-16)25-14-4-3-10(5-15(14)29-2)17(28)27-8-12-6-11(27)9-30-12/h3-5,7,11-12H,6,8-9H2,1-2H3,(H2,23,24,25,26). The van der Waals surface area contributed by atoms with Crippen molar-refractivity contribution in [3.8, 4) is 5.75 Å². The molecule has 30 heavy (non-hydrogen) atoms. The van der Waals surface area contributed by atoms with Crippen LogP contribution in [-0.2, 0) is 10.9 Å². The molecule has 2 fully saturated rings. The smallest absolute Gasteiger partial charge is 0.421 e. The first kappa shape index (κ1) is 20.2. The van der Waals surface area contributed by atoms with E-state index in [1.54, 1.807) is 23.1 Å². The summed E-state index contributed by atoms with van der Waals surface area (Å²) in [6.07, 6.45) is -2.92. The Bertz CT molecular complexity index is 969. The van der Waals surface area contributed by atoms with Gasteiger partial charge in [0, 0.05) is 25.4 Å². The summed E-state index contributed by atoms with van der Waals surface area (Å²) in [7, 11) is 2.78. The quantitative estimate of drug-likeness (QED) is 0.765. The highest BCUT2D eigenvalue weighted by molar-refractivity contribution is 5.96. The minimum absolute atomic E-state index is 0.0428. The first-order valence-electron chi connectivity index (χ1n) is 9.29. The largest absolute Gasteiger partial charge is 0.495 e. The fourth-order valence-electron chi connectivity index (χ4n) is 3.70. The third-order valence-corrected chi connectivity index (χ3v) is 5.19. The van der Waals surface area contributed by atoms with E-state index >= 15 is 0 Å². The van der Waals surface area contributed by atoms with Gasteiger partial charge in [-0.1, -0.05) is 0 Å². The Balaban J connectivity index is 1.56. The SMILES string of the molecule is CNc1nc(Nc2ccc(C(=O)N3CC4CC3CO4)cc2OC)ncc1C(F)(F)F. The molecule has 4 rings (SSSR count). The van der Waals surface area contributed by atoms with Gasteiger partial charge in [0.25, 0.3) is 5.91 Å². The number of anilines is 3. The van der Waals surface area contributed by atoms with E-state index in [1.807, 2.05) is 0 Å². The van der Waals surface area contributed by atoms with Crippen molar-refractivity contribution in [1.82, 2.24) is 14.9 Å². The number of carbonyl (C=O) groups excluding carboxylic acids is 1. The summed E-state index contributed by atoms with van der Waals surface area (Å²) in [5.74, 6) is -0.161. The fraction of sp³-hybridized carbons (Fsp3) is 0.421. The molecule has 2 aliphatic heterocycles. The number of alkyl halides is 3. The van der Waals surface area contributed by atoms with Crippen molar-refractivity contribution in [2.45, 2.75) is 24.7 Å². The van der Waals surface area contributed by atoms with Gasteiger partial charge < -0.3 is 25.0 Å².